The Bertz CT molecular complexity index is 1000. The number of rotatable bonds is 6. The van der Waals surface area contributed by atoms with Gasteiger partial charge in [-0.25, -0.2) is 4.98 Å². The largest absolute Gasteiger partial charge is 0.497 e. The number of amides is 1. The van der Waals surface area contributed by atoms with Gasteiger partial charge in [0, 0.05) is 35.5 Å². The first-order valence-corrected chi connectivity index (χ1v) is 9.77. The van der Waals surface area contributed by atoms with Gasteiger partial charge < -0.3 is 14.8 Å². The van der Waals surface area contributed by atoms with Crippen LogP contribution in [0.4, 0.5) is 0 Å². The zero-order valence-electron chi connectivity index (χ0n) is 16.3. The third-order valence-corrected chi connectivity index (χ3v) is 4.97. The molecule has 1 aromatic heterocycles. The van der Waals surface area contributed by atoms with Gasteiger partial charge in [0.1, 0.15) is 11.5 Å². The van der Waals surface area contributed by atoms with Crippen molar-refractivity contribution in [2.24, 2.45) is 0 Å². The first kappa shape index (κ1) is 18.9. The fourth-order valence-electron chi connectivity index (χ4n) is 3.46. The average Bonchev–Trinajstić information content (AvgIpc) is 3.27. The van der Waals surface area contributed by atoms with E-state index in [1.807, 2.05) is 42.5 Å². The summed E-state index contributed by atoms with van der Waals surface area (Å²) in [6.45, 7) is 0. The Morgan fingerprint density at radius 3 is 2.66 bits per heavy atom. The number of aromatic nitrogens is 2. The van der Waals surface area contributed by atoms with Crippen LogP contribution in [0.2, 0.25) is 0 Å². The van der Waals surface area contributed by atoms with Gasteiger partial charge in [0.05, 0.1) is 7.11 Å². The van der Waals surface area contributed by atoms with Gasteiger partial charge in [-0.2, -0.15) is 4.98 Å². The molecule has 4 rings (SSSR count). The molecule has 0 atom stereocenters. The number of hydrogen-bond donors (Lipinski definition) is 1. The number of nitrogens with zero attached hydrogens (tertiary/aromatic N) is 2. The van der Waals surface area contributed by atoms with Gasteiger partial charge in [-0.3, -0.25) is 4.79 Å². The molecule has 0 spiro atoms. The number of benzene rings is 2. The van der Waals surface area contributed by atoms with E-state index in [-0.39, 0.29) is 11.9 Å². The van der Waals surface area contributed by atoms with E-state index in [4.69, 9.17) is 9.47 Å². The molecule has 0 radical (unpaired) electrons. The highest BCUT2D eigenvalue weighted by molar-refractivity contribution is 5.95. The highest BCUT2D eigenvalue weighted by atomic mass is 16.5. The summed E-state index contributed by atoms with van der Waals surface area (Å²) >= 11 is 0. The van der Waals surface area contributed by atoms with Gasteiger partial charge in [0.25, 0.3) is 5.91 Å². The van der Waals surface area contributed by atoms with Crippen LogP contribution in [0.25, 0.3) is 11.4 Å². The Labute approximate surface area is 169 Å². The predicted octanol–water partition coefficient (Wildman–Crippen LogP) is 4.62. The van der Waals surface area contributed by atoms with Crippen LogP contribution in [-0.4, -0.2) is 29.0 Å². The number of nitrogens with one attached hydrogen (secondary N) is 1. The van der Waals surface area contributed by atoms with Crippen LogP contribution >= 0.6 is 0 Å². The van der Waals surface area contributed by atoms with Crippen LogP contribution in [-0.2, 0) is 0 Å². The lowest BCUT2D eigenvalue weighted by Crippen LogP contribution is -2.32. The Kier molecular flexibility index (Phi) is 5.70. The van der Waals surface area contributed by atoms with Gasteiger partial charge in [-0.05, 0) is 37.1 Å². The van der Waals surface area contributed by atoms with Crippen LogP contribution in [0, 0.1) is 0 Å². The van der Waals surface area contributed by atoms with Crippen molar-refractivity contribution in [3.63, 3.8) is 0 Å². The van der Waals surface area contributed by atoms with Gasteiger partial charge in [-0.15, -0.1) is 0 Å². The zero-order valence-corrected chi connectivity index (χ0v) is 16.3. The molecule has 29 heavy (non-hydrogen) atoms. The highest BCUT2D eigenvalue weighted by Crippen LogP contribution is 2.26. The third-order valence-electron chi connectivity index (χ3n) is 4.97. The second kappa shape index (κ2) is 8.73. The van der Waals surface area contributed by atoms with Crippen molar-refractivity contribution < 1.29 is 14.3 Å². The molecular formula is C23H23N3O3. The van der Waals surface area contributed by atoms with Crippen molar-refractivity contribution in [1.82, 2.24) is 15.3 Å². The fraction of sp³-hybridized carbons (Fsp3) is 0.261. The third kappa shape index (κ3) is 4.71. The molecule has 6 heteroatoms. The molecule has 2 aromatic carbocycles. The molecule has 3 aromatic rings. The van der Waals surface area contributed by atoms with Crippen molar-refractivity contribution >= 4 is 5.91 Å². The normalized spacial score (nSPS) is 13.8. The molecule has 1 fully saturated rings. The molecule has 1 saturated carbocycles. The van der Waals surface area contributed by atoms with E-state index >= 15 is 0 Å². The van der Waals surface area contributed by atoms with E-state index in [0.29, 0.717) is 28.8 Å². The van der Waals surface area contributed by atoms with E-state index in [1.54, 1.807) is 25.4 Å². The highest BCUT2D eigenvalue weighted by Gasteiger charge is 2.18. The molecule has 6 nitrogen and oxygen atoms in total. The summed E-state index contributed by atoms with van der Waals surface area (Å²) in [4.78, 5) is 21.4. The monoisotopic (exact) mass is 389 g/mol. The Morgan fingerprint density at radius 1 is 1.03 bits per heavy atom. The van der Waals surface area contributed by atoms with Gasteiger partial charge >= 0.3 is 0 Å². The summed E-state index contributed by atoms with van der Waals surface area (Å²) in [6.07, 6.45) is 6.11. The number of carbonyl (C=O) groups excluding carboxylic acids is 1. The molecular weight excluding hydrogens is 366 g/mol. The van der Waals surface area contributed by atoms with Crippen molar-refractivity contribution in [3.05, 3.63) is 66.4 Å². The average molecular weight is 389 g/mol. The summed E-state index contributed by atoms with van der Waals surface area (Å²) in [5, 5.41) is 3.11. The molecule has 1 amide bonds. The molecule has 0 unspecified atom stereocenters. The quantitative estimate of drug-likeness (QED) is 0.666. The minimum atomic E-state index is -0.0532. The lowest BCUT2D eigenvalue weighted by Gasteiger charge is -2.12. The summed E-state index contributed by atoms with van der Waals surface area (Å²) in [6, 6.07) is 16.6. The maximum atomic E-state index is 12.6. The lowest BCUT2D eigenvalue weighted by atomic mass is 10.1. The summed E-state index contributed by atoms with van der Waals surface area (Å²) in [5.41, 5.74) is 1.37. The van der Waals surface area contributed by atoms with Crippen LogP contribution in [0.3, 0.4) is 0 Å². The molecule has 0 aliphatic heterocycles. The summed E-state index contributed by atoms with van der Waals surface area (Å²) in [5.74, 6) is 2.20. The van der Waals surface area contributed by atoms with Crippen LogP contribution < -0.4 is 14.8 Å². The van der Waals surface area contributed by atoms with E-state index < -0.39 is 0 Å². The second-order valence-corrected chi connectivity index (χ2v) is 7.04. The van der Waals surface area contributed by atoms with E-state index in [2.05, 4.69) is 15.3 Å². The zero-order chi connectivity index (χ0) is 20.1. The minimum Gasteiger partial charge on any atom is -0.497 e. The minimum absolute atomic E-state index is 0.0532. The molecule has 1 N–H and O–H groups in total. The maximum Gasteiger partial charge on any atom is 0.251 e. The molecule has 0 bridgehead atoms. The van der Waals surface area contributed by atoms with Crippen LogP contribution in [0.15, 0.2) is 60.8 Å². The van der Waals surface area contributed by atoms with E-state index in [9.17, 15) is 4.79 Å². The summed E-state index contributed by atoms with van der Waals surface area (Å²) < 4.78 is 11.1. The standard InChI is InChI=1S/C23H23N3O3/c1-28-19-10-5-11-20(15-19)29-21-12-13-24-22(26-21)16-6-4-7-17(14-16)23(27)25-18-8-2-3-9-18/h4-7,10-15,18H,2-3,8-9H2,1H3,(H,25,27). The first-order chi connectivity index (χ1) is 14.2. The molecule has 1 aliphatic carbocycles. The number of ether oxygens (including phenoxy) is 2. The maximum absolute atomic E-state index is 12.6. The smallest absolute Gasteiger partial charge is 0.251 e. The van der Waals surface area contributed by atoms with E-state index in [0.717, 1.165) is 18.4 Å². The van der Waals surface area contributed by atoms with Crippen LogP contribution in [0.1, 0.15) is 36.0 Å². The van der Waals surface area contributed by atoms with Crippen molar-refractivity contribution in [3.8, 4) is 28.8 Å². The molecule has 0 saturated heterocycles. The van der Waals surface area contributed by atoms with E-state index in [1.165, 1.54) is 12.8 Å². The molecule has 148 valence electrons. The summed E-state index contributed by atoms with van der Waals surface area (Å²) in [7, 11) is 1.61. The molecule has 1 heterocycles. The topological polar surface area (TPSA) is 73.3 Å². The Balaban J connectivity index is 1.52. The van der Waals surface area contributed by atoms with Gasteiger partial charge in [0.2, 0.25) is 5.88 Å². The predicted molar refractivity (Wildman–Crippen MR) is 110 cm³/mol. The van der Waals surface area contributed by atoms with Crippen molar-refractivity contribution in [1.29, 1.82) is 0 Å². The van der Waals surface area contributed by atoms with Gasteiger partial charge in [0.15, 0.2) is 5.82 Å². The van der Waals surface area contributed by atoms with Crippen molar-refractivity contribution in [2.45, 2.75) is 31.7 Å². The van der Waals surface area contributed by atoms with Gasteiger partial charge in [-0.1, -0.05) is 31.0 Å². The number of methoxy groups -OCH3 is 1. The number of carbonyl (C=O) groups is 1. The Hall–Kier alpha value is -3.41. The van der Waals surface area contributed by atoms with Crippen molar-refractivity contribution in [2.75, 3.05) is 7.11 Å². The Morgan fingerprint density at radius 2 is 1.83 bits per heavy atom. The lowest BCUT2D eigenvalue weighted by molar-refractivity contribution is 0.0938. The van der Waals surface area contributed by atoms with Crippen LogP contribution in [0.5, 0.6) is 17.4 Å². The second-order valence-electron chi connectivity index (χ2n) is 7.04. The number of hydrogen-bond acceptors (Lipinski definition) is 5. The molecule has 1 aliphatic rings. The fourth-order valence-corrected chi connectivity index (χ4v) is 3.46. The SMILES string of the molecule is COc1cccc(Oc2ccnc(-c3cccc(C(=O)NC4CCCC4)c3)n2)c1. The first-order valence-electron chi connectivity index (χ1n) is 9.77.